The zero-order valence-electron chi connectivity index (χ0n) is 22.4. The molecule has 0 unspecified atom stereocenters. The molecule has 2 fully saturated rings. The van der Waals surface area contributed by atoms with Crippen LogP contribution in [0.2, 0.25) is 0 Å². The number of hydrogen-bond donors (Lipinski definition) is 1. The molecule has 2 N–H and O–H groups in total. The minimum Gasteiger partial charge on any atom is -0.480 e. The van der Waals surface area contributed by atoms with Crippen LogP contribution in [0.15, 0.2) is 41.8 Å². The Balaban J connectivity index is 1.28. The van der Waals surface area contributed by atoms with Crippen molar-refractivity contribution < 1.29 is 22.6 Å². The van der Waals surface area contributed by atoms with Crippen molar-refractivity contribution in [1.82, 2.24) is 29.5 Å². The number of aliphatic imine (C=N–C) groups is 1. The Morgan fingerprint density at radius 1 is 1.05 bits per heavy atom. The number of methoxy groups -OCH3 is 1. The molecule has 0 spiro atoms. The second kappa shape index (κ2) is 10.5. The molecule has 0 aliphatic heterocycles. The number of alkyl halides is 3. The van der Waals surface area contributed by atoms with E-state index in [4.69, 9.17) is 15.2 Å². The van der Waals surface area contributed by atoms with E-state index in [1.54, 1.807) is 35.9 Å². The molecular formula is C28H27F3N8O2. The molecule has 2 aliphatic rings. The normalized spacial score (nSPS) is 15.4. The van der Waals surface area contributed by atoms with Crippen LogP contribution in [0, 0.1) is 0 Å². The standard InChI is InChI=1S/C28H27F3N8O2/c1-33-11-19-22(32)27(38-24(36-19)21-23(16-7-8-16)34-14-35-26(21)40-2)41-13-15-3-5-17(6-4-15)25-37-20(28(29,30)31)12-39(25)18-9-10-18/h3-6,11-12,14,16,18H,7-10,13,32H2,1-2H3. The molecule has 2 saturated carbocycles. The molecule has 0 amide bonds. The zero-order chi connectivity index (χ0) is 28.7. The molecule has 2 aliphatic carbocycles. The highest BCUT2D eigenvalue weighted by molar-refractivity contribution is 5.87. The highest BCUT2D eigenvalue weighted by Crippen LogP contribution is 2.45. The van der Waals surface area contributed by atoms with Crippen molar-refractivity contribution in [2.75, 3.05) is 19.9 Å². The lowest BCUT2D eigenvalue weighted by Crippen LogP contribution is -2.09. The van der Waals surface area contributed by atoms with Gasteiger partial charge in [0.2, 0.25) is 11.8 Å². The van der Waals surface area contributed by atoms with Gasteiger partial charge in [-0.05, 0) is 31.2 Å². The molecule has 212 valence electrons. The number of halogens is 3. The second-order valence-electron chi connectivity index (χ2n) is 10.0. The average molecular weight is 565 g/mol. The number of hydrogen-bond acceptors (Lipinski definition) is 9. The minimum absolute atomic E-state index is 0.0430. The molecule has 10 nitrogen and oxygen atoms in total. The van der Waals surface area contributed by atoms with Crippen molar-refractivity contribution in [2.24, 2.45) is 4.99 Å². The van der Waals surface area contributed by atoms with Crippen LogP contribution in [0.1, 0.15) is 60.3 Å². The molecule has 4 aromatic rings. The summed E-state index contributed by atoms with van der Waals surface area (Å²) in [5.41, 5.74) is 8.79. The van der Waals surface area contributed by atoms with Gasteiger partial charge < -0.3 is 19.8 Å². The number of imidazole rings is 1. The van der Waals surface area contributed by atoms with Crippen LogP contribution >= 0.6 is 0 Å². The number of rotatable bonds is 9. The van der Waals surface area contributed by atoms with E-state index in [-0.39, 0.29) is 30.1 Å². The number of benzene rings is 1. The zero-order valence-corrected chi connectivity index (χ0v) is 22.4. The summed E-state index contributed by atoms with van der Waals surface area (Å²) in [6, 6.07) is 7.07. The number of ether oxygens (including phenoxy) is 2. The van der Waals surface area contributed by atoms with Gasteiger partial charge in [-0.15, -0.1) is 0 Å². The lowest BCUT2D eigenvalue weighted by Gasteiger charge is -2.14. The number of nitrogen functional groups attached to an aromatic ring is 1. The molecular weight excluding hydrogens is 537 g/mol. The summed E-state index contributed by atoms with van der Waals surface area (Å²) in [6.07, 6.45) is 3.25. The summed E-state index contributed by atoms with van der Waals surface area (Å²) in [5.74, 6) is 1.39. The first-order valence-electron chi connectivity index (χ1n) is 13.1. The van der Waals surface area contributed by atoms with Crippen molar-refractivity contribution >= 4 is 11.9 Å². The summed E-state index contributed by atoms with van der Waals surface area (Å²) in [4.78, 5) is 25.9. The third-order valence-electron chi connectivity index (χ3n) is 6.97. The van der Waals surface area contributed by atoms with Crippen molar-refractivity contribution in [3.63, 3.8) is 0 Å². The van der Waals surface area contributed by atoms with Gasteiger partial charge in [-0.3, -0.25) is 4.99 Å². The van der Waals surface area contributed by atoms with Crippen LogP contribution in [-0.4, -0.2) is 49.9 Å². The molecule has 1 aromatic carbocycles. The van der Waals surface area contributed by atoms with E-state index >= 15 is 0 Å². The highest BCUT2D eigenvalue weighted by Gasteiger charge is 2.37. The fourth-order valence-electron chi connectivity index (χ4n) is 4.60. The minimum atomic E-state index is -4.50. The SMILES string of the molecule is CN=Cc1nc(-c2c(OC)ncnc2C2CC2)nc(OCc2ccc(-c3nc(C(F)(F)F)cn3C3CC3)cc2)c1N. The Hall–Kier alpha value is -4.55. The first-order valence-corrected chi connectivity index (χ1v) is 13.1. The van der Waals surface area contributed by atoms with Crippen LogP contribution in [0.25, 0.3) is 22.8 Å². The number of nitrogens with two attached hydrogens (primary N) is 1. The highest BCUT2D eigenvalue weighted by atomic mass is 19.4. The molecule has 6 rings (SSSR count). The molecule has 3 heterocycles. The lowest BCUT2D eigenvalue weighted by atomic mass is 10.1. The smallest absolute Gasteiger partial charge is 0.434 e. The topological polar surface area (TPSA) is 126 Å². The fourth-order valence-corrected chi connectivity index (χ4v) is 4.60. The van der Waals surface area contributed by atoms with E-state index in [9.17, 15) is 13.2 Å². The third kappa shape index (κ3) is 5.43. The quantitative estimate of drug-likeness (QED) is 0.273. The monoisotopic (exact) mass is 564 g/mol. The summed E-state index contributed by atoms with van der Waals surface area (Å²) < 4.78 is 53.1. The van der Waals surface area contributed by atoms with Gasteiger partial charge in [0.1, 0.15) is 35.7 Å². The predicted octanol–water partition coefficient (Wildman–Crippen LogP) is 5.25. The van der Waals surface area contributed by atoms with Crippen LogP contribution < -0.4 is 15.2 Å². The molecule has 0 radical (unpaired) electrons. The van der Waals surface area contributed by atoms with Gasteiger partial charge in [-0.25, -0.2) is 19.9 Å². The van der Waals surface area contributed by atoms with Crippen molar-refractivity contribution in [1.29, 1.82) is 0 Å². The maximum atomic E-state index is 13.3. The van der Waals surface area contributed by atoms with E-state index < -0.39 is 11.9 Å². The Morgan fingerprint density at radius 3 is 2.44 bits per heavy atom. The van der Waals surface area contributed by atoms with E-state index in [1.165, 1.54) is 19.7 Å². The number of aromatic nitrogens is 6. The van der Waals surface area contributed by atoms with Crippen molar-refractivity contribution in [3.05, 3.63) is 59.4 Å². The molecule has 13 heteroatoms. The molecule has 0 bridgehead atoms. The summed E-state index contributed by atoms with van der Waals surface area (Å²) in [5, 5.41) is 0. The van der Waals surface area contributed by atoms with Crippen molar-refractivity contribution in [3.8, 4) is 34.5 Å². The Morgan fingerprint density at radius 2 is 1.80 bits per heavy atom. The summed E-state index contributed by atoms with van der Waals surface area (Å²) >= 11 is 0. The molecule has 0 atom stereocenters. The summed E-state index contributed by atoms with van der Waals surface area (Å²) in [6.45, 7) is 0.104. The van der Waals surface area contributed by atoms with E-state index in [0.29, 0.717) is 34.3 Å². The fraction of sp³-hybridized carbons (Fsp3) is 0.357. The number of anilines is 1. The van der Waals surface area contributed by atoms with E-state index in [0.717, 1.165) is 43.1 Å². The third-order valence-corrected chi connectivity index (χ3v) is 6.97. The predicted molar refractivity (Wildman–Crippen MR) is 145 cm³/mol. The van der Waals surface area contributed by atoms with Gasteiger partial charge >= 0.3 is 6.18 Å². The maximum Gasteiger partial charge on any atom is 0.434 e. The average Bonchev–Trinajstić information content (AvgIpc) is 3.91. The van der Waals surface area contributed by atoms with Gasteiger partial charge in [-0.1, -0.05) is 24.3 Å². The van der Waals surface area contributed by atoms with Crippen LogP contribution in [0.3, 0.4) is 0 Å². The van der Waals surface area contributed by atoms with Crippen LogP contribution in [-0.2, 0) is 12.8 Å². The molecule has 3 aromatic heterocycles. The Bertz CT molecular complexity index is 1610. The second-order valence-corrected chi connectivity index (χ2v) is 10.0. The number of nitrogens with zero attached hydrogens (tertiary/aromatic N) is 7. The van der Waals surface area contributed by atoms with E-state index in [1.807, 2.05) is 0 Å². The van der Waals surface area contributed by atoms with Gasteiger partial charge in [0.05, 0.1) is 12.8 Å². The van der Waals surface area contributed by atoms with Gasteiger partial charge in [-0.2, -0.15) is 18.2 Å². The van der Waals surface area contributed by atoms with E-state index in [2.05, 4.69) is 29.9 Å². The Labute approximate surface area is 233 Å². The van der Waals surface area contributed by atoms with Crippen LogP contribution in [0.4, 0.5) is 18.9 Å². The van der Waals surface area contributed by atoms with Gasteiger partial charge in [0.25, 0.3) is 0 Å². The first-order chi connectivity index (χ1) is 19.8. The summed E-state index contributed by atoms with van der Waals surface area (Å²) in [7, 11) is 3.13. The lowest BCUT2D eigenvalue weighted by molar-refractivity contribution is -0.140. The molecule has 41 heavy (non-hydrogen) atoms. The molecule has 0 saturated heterocycles. The maximum absolute atomic E-state index is 13.3. The Kier molecular flexibility index (Phi) is 6.80. The van der Waals surface area contributed by atoms with Crippen LogP contribution in [0.5, 0.6) is 11.8 Å². The van der Waals surface area contributed by atoms with Crippen molar-refractivity contribution in [2.45, 2.75) is 50.4 Å². The first kappa shape index (κ1) is 26.7. The largest absolute Gasteiger partial charge is 0.480 e. The van der Waals surface area contributed by atoms with Gasteiger partial charge in [0, 0.05) is 37.0 Å². The van der Waals surface area contributed by atoms with Gasteiger partial charge in [0.15, 0.2) is 11.5 Å².